The second kappa shape index (κ2) is 9.02. The van der Waals surface area contributed by atoms with E-state index in [1.165, 1.54) is 5.56 Å². The van der Waals surface area contributed by atoms with Crippen molar-refractivity contribution in [1.82, 2.24) is 0 Å². The van der Waals surface area contributed by atoms with Gasteiger partial charge in [0.2, 0.25) is 5.91 Å². The van der Waals surface area contributed by atoms with Gasteiger partial charge in [-0.2, -0.15) is 0 Å². The highest BCUT2D eigenvalue weighted by atomic mass is 16.2. The van der Waals surface area contributed by atoms with Gasteiger partial charge in [0.1, 0.15) is 0 Å². The summed E-state index contributed by atoms with van der Waals surface area (Å²) in [4.78, 5) is 24.4. The number of carbonyl (C=O) groups excluding carboxylic acids is 2. The van der Waals surface area contributed by atoms with E-state index in [1.54, 1.807) is 24.3 Å². The van der Waals surface area contributed by atoms with Crippen LogP contribution in [-0.4, -0.2) is 11.8 Å². The average Bonchev–Trinajstić information content (AvgIpc) is 2.64. The molecule has 0 spiro atoms. The zero-order chi connectivity index (χ0) is 18.2. The molecule has 2 amide bonds. The highest BCUT2D eigenvalue weighted by Crippen LogP contribution is 2.16. The Labute approximate surface area is 149 Å². The van der Waals surface area contributed by atoms with Crippen molar-refractivity contribution >= 4 is 23.2 Å². The largest absolute Gasteiger partial charge is 0.326 e. The summed E-state index contributed by atoms with van der Waals surface area (Å²) in [5, 5.41) is 5.78. The Morgan fingerprint density at radius 1 is 0.800 bits per heavy atom. The predicted molar refractivity (Wildman–Crippen MR) is 103 cm³/mol. The van der Waals surface area contributed by atoms with Crippen LogP contribution in [0.4, 0.5) is 11.4 Å². The third kappa shape index (κ3) is 5.18. The van der Waals surface area contributed by atoms with Gasteiger partial charge in [0, 0.05) is 22.9 Å². The second-order valence-electron chi connectivity index (χ2n) is 6.08. The molecule has 0 saturated heterocycles. The Hall–Kier alpha value is -2.62. The number of amides is 2. The summed E-state index contributed by atoms with van der Waals surface area (Å²) in [7, 11) is 0. The van der Waals surface area contributed by atoms with Crippen LogP contribution in [0.15, 0.2) is 48.5 Å². The lowest BCUT2D eigenvalue weighted by Gasteiger charge is -2.13. The molecule has 25 heavy (non-hydrogen) atoms. The number of hydrogen-bond acceptors (Lipinski definition) is 2. The molecule has 0 aliphatic heterocycles. The van der Waals surface area contributed by atoms with Crippen LogP contribution in [0.2, 0.25) is 0 Å². The number of rotatable bonds is 7. The molecular weight excluding hydrogens is 312 g/mol. The van der Waals surface area contributed by atoms with Gasteiger partial charge in [-0.25, -0.2) is 0 Å². The summed E-state index contributed by atoms with van der Waals surface area (Å²) in [5.74, 6) is -0.116. The zero-order valence-electron chi connectivity index (χ0n) is 15.1. The number of anilines is 2. The van der Waals surface area contributed by atoms with Gasteiger partial charge in [-0.3, -0.25) is 9.59 Å². The summed E-state index contributed by atoms with van der Waals surface area (Å²) in [5.41, 5.74) is 3.27. The van der Waals surface area contributed by atoms with E-state index in [2.05, 4.69) is 17.6 Å². The molecular formula is C21H26N2O2. The monoisotopic (exact) mass is 338 g/mol. The van der Waals surface area contributed by atoms with Crippen molar-refractivity contribution in [3.63, 3.8) is 0 Å². The summed E-state index contributed by atoms with van der Waals surface area (Å²) < 4.78 is 0. The van der Waals surface area contributed by atoms with E-state index in [-0.39, 0.29) is 17.7 Å². The Kier molecular flexibility index (Phi) is 6.75. The van der Waals surface area contributed by atoms with E-state index >= 15 is 0 Å². The predicted octanol–water partition coefficient (Wildman–Crippen LogP) is 4.88. The Morgan fingerprint density at radius 3 is 1.84 bits per heavy atom. The fourth-order valence-electron chi connectivity index (χ4n) is 2.64. The van der Waals surface area contributed by atoms with E-state index < -0.39 is 0 Å². The van der Waals surface area contributed by atoms with E-state index in [1.807, 2.05) is 38.1 Å². The molecule has 132 valence electrons. The zero-order valence-corrected chi connectivity index (χ0v) is 15.1. The second-order valence-corrected chi connectivity index (χ2v) is 6.08. The highest BCUT2D eigenvalue weighted by Gasteiger charge is 2.14. The van der Waals surface area contributed by atoms with Crippen molar-refractivity contribution in [3.8, 4) is 0 Å². The first-order valence-corrected chi connectivity index (χ1v) is 8.88. The molecule has 4 nitrogen and oxygen atoms in total. The van der Waals surface area contributed by atoms with Crippen molar-refractivity contribution in [2.75, 3.05) is 10.6 Å². The fraction of sp³-hybridized carbons (Fsp3) is 0.333. The van der Waals surface area contributed by atoms with Crippen LogP contribution < -0.4 is 10.6 Å². The van der Waals surface area contributed by atoms with Gasteiger partial charge in [-0.05, 0) is 61.2 Å². The van der Waals surface area contributed by atoms with Crippen LogP contribution in [0.5, 0.6) is 0 Å². The molecule has 2 rings (SSSR count). The average molecular weight is 338 g/mol. The van der Waals surface area contributed by atoms with Crippen LogP contribution in [0.1, 0.15) is 49.5 Å². The van der Waals surface area contributed by atoms with Gasteiger partial charge in [-0.15, -0.1) is 0 Å². The molecule has 0 heterocycles. The smallest absolute Gasteiger partial charge is 0.255 e. The summed E-state index contributed by atoms with van der Waals surface area (Å²) >= 11 is 0. The van der Waals surface area contributed by atoms with E-state index in [9.17, 15) is 9.59 Å². The molecule has 2 aromatic rings. The van der Waals surface area contributed by atoms with Crippen LogP contribution in [0.25, 0.3) is 0 Å². The van der Waals surface area contributed by atoms with Gasteiger partial charge in [-0.1, -0.05) is 32.9 Å². The number of benzene rings is 2. The SMILES string of the molecule is CCc1ccc(NC(=O)c2ccc(NC(=O)C(CC)CC)cc2)cc1. The molecule has 2 aromatic carbocycles. The molecule has 0 radical (unpaired) electrons. The lowest BCUT2D eigenvalue weighted by molar-refractivity contribution is -0.120. The topological polar surface area (TPSA) is 58.2 Å². The molecule has 0 aliphatic carbocycles. The fourth-order valence-corrected chi connectivity index (χ4v) is 2.64. The van der Waals surface area contributed by atoms with Gasteiger partial charge in [0.05, 0.1) is 0 Å². The van der Waals surface area contributed by atoms with Crippen molar-refractivity contribution in [2.24, 2.45) is 5.92 Å². The number of aryl methyl sites for hydroxylation is 1. The van der Waals surface area contributed by atoms with Crippen molar-refractivity contribution in [1.29, 1.82) is 0 Å². The Balaban J connectivity index is 1.98. The molecule has 0 atom stereocenters. The van der Waals surface area contributed by atoms with Gasteiger partial charge < -0.3 is 10.6 Å². The van der Waals surface area contributed by atoms with Gasteiger partial charge >= 0.3 is 0 Å². The molecule has 0 fully saturated rings. The van der Waals surface area contributed by atoms with E-state index in [0.29, 0.717) is 11.3 Å². The Bertz CT molecular complexity index is 702. The van der Waals surface area contributed by atoms with Crippen molar-refractivity contribution < 1.29 is 9.59 Å². The maximum Gasteiger partial charge on any atom is 0.255 e. The molecule has 0 bridgehead atoms. The van der Waals surface area contributed by atoms with Gasteiger partial charge in [0.15, 0.2) is 0 Å². The van der Waals surface area contributed by atoms with Crippen LogP contribution >= 0.6 is 0 Å². The molecule has 0 aliphatic rings. The number of nitrogens with one attached hydrogen (secondary N) is 2. The first-order valence-electron chi connectivity index (χ1n) is 8.88. The highest BCUT2D eigenvalue weighted by molar-refractivity contribution is 6.04. The van der Waals surface area contributed by atoms with Crippen LogP contribution in [0, 0.1) is 5.92 Å². The summed E-state index contributed by atoms with van der Waals surface area (Å²) in [6, 6.07) is 14.8. The van der Waals surface area contributed by atoms with Gasteiger partial charge in [0.25, 0.3) is 5.91 Å². The number of hydrogen-bond donors (Lipinski definition) is 2. The molecule has 0 aromatic heterocycles. The first-order chi connectivity index (χ1) is 12.1. The summed E-state index contributed by atoms with van der Waals surface area (Å²) in [6.07, 6.45) is 2.61. The van der Waals surface area contributed by atoms with Crippen LogP contribution in [0.3, 0.4) is 0 Å². The molecule has 0 saturated carbocycles. The maximum atomic E-state index is 12.3. The minimum absolute atomic E-state index is 0.0223. The first kappa shape index (κ1) is 18.7. The standard InChI is InChI=1S/C21H26N2O2/c1-4-15-7-11-18(12-8-15)23-21(25)17-9-13-19(14-10-17)22-20(24)16(5-2)6-3/h7-14,16H,4-6H2,1-3H3,(H,22,24)(H,23,25). The van der Waals surface area contributed by atoms with E-state index in [4.69, 9.17) is 0 Å². The van der Waals surface area contributed by atoms with Crippen molar-refractivity contribution in [2.45, 2.75) is 40.0 Å². The number of carbonyl (C=O) groups is 2. The lowest BCUT2D eigenvalue weighted by Crippen LogP contribution is -2.21. The Morgan fingerprint density at radius 2 is 1.32 bits per heavy atom. The maximum absolute atomic E-state index is 12.3. The third-order valence-electron chi connectivity index (χ3n) is 4.39. The quantitative estimate of drug-likeness (QED) is 0.756. The molecule has 0 unspecified atom stereocenters. The minimum Gasteiger partial charge on any atom is -0.326 e. The summed E-state index contributed by atoms with van der Waals surface area (Å²) in [6.45, 7) is 6.11. The minimum atomic E-state index is -0.165. The lowest BCUT2D eigenvalue weighted by atomic mass is 10.0. The van der Waals surface area contributed by atoms with Crippen molar-refractivity contribution in [3.05, 3.63) is 59.7 Å². The molecule has 4 heteroatoms. The third-order valence-corrected chi connectivity index (χ3v) is 4.39. The normalized spacial score (nSPS) is 10.6. The molecule has 2 N–H and O–H groups in total. The van der Waals surface area contributed by atoms with E-state index in [0.717, 1.165) is 24.9 Å². The van der Waals surface area contributed by atoms with Crippen LogP contribution in [-0.2, 0) is 11.2 Å².